The van der Waals surface area contributed by atoms with Crippen LogP contribution in [0.5, 0.6) is 0 Å². The lowest BCUT2D eigenvalue weighted by molar-refractivity contribution is 0.0955. The van der Waals surface area contributed by atoms with Gasteiger partial charge in [-0.2, -0.15) is 5.10 Å². The molecule has 1 amide bonds. The van der Waals surface area contributed by atoms with E-state index in [0.717, 1.165) is 29.1 Å². The van der Waals surface area contributed by atoms with Crippen molar-refractivity contribution in [3.8, 4) is 5.69 Å². The summed E-state index contributed by atoms with van der Waals surface area (Å²) < 4.78 is 1.70. The minimum atomic E-state index is -0.0189. The van der Waals surface area contributed by atoms with Crippen LogP contribution >= 0.6 is 11.3 Å². The van der Waals surface area contributed by atoms with E-state index in [0.29, 0.717) is 12.6 Å². The Morgan fingerprint density at radius 1 is 1.28 bits per heavy atom. The molecule has 1 aliphatic heterocycles. The maximum atomic E-state index is 12.4. The summed E-state index contributed by atoms with van der Waals surface area (Å²) in [5.74, 6) is -0.0189. The molecule has 1 unspecified atom stereocenters. The number of hydrogen-bond donors (Lipinski definition) is 2. The Morgan fingerprint density at radius 3 is 2.88 bits per heavy atom. The largest absolute Gasteiger partial charge is 0.347 e. The number of amides is 1. The Hall–Kier alpha value is -2.51. The van der Waals surface area contributed by atoms with Gasteiger partial charge in [0, 0.05) is 17.5 Å². The molecule has 0 saturated carbocycles. The second kappa shape index (κ2) is 7.16. The van der Waals surface area contributed by atoms with Gasteiger partial charge in [0.2, 0.25) is 0 Å². The van der Waals surface area contributed by atoms with Crippen molar-refractivity contribution in [2.24, 2.45) is 0 Å². The maximum absolute atomic E-state index is 12.4. The standard InChI is InChI=1S/C18H19N5OS/c24-18(17-8-7-16(25-17)15-2-1-9-20-15)21-10-13-3-5-14(6-4-13)23-12-19-11-22-23/h3-8,11-12,15,20H,1-2,9-10H2,(H,21,24). The van der Waals surface area contributed by atoms with Crippen molar-refractivity contribution < 1.29 is 4.79 Å². The van der Waals surface area contributed by atoms with Gasteiger partial charge >= 0.3 is 0 Å². The molecule has 1 atom stereocenters. The molecule has 0 aliphatic carbocycles. The fourth-order valence-corrected chi connectivity index (χ4v) is 4.00. The third kappa shape index (κ3) is 3.62. The second-order valence-electron chi connectivity index (χ2n) is 6.04. The number of benzene rings is 1. The van der Waals surface area contributed by atoms with Crippen molar-refractivity contribution in [3.63, 3.8) is 0 Å². The molecule has 1 aromatic carbocycles. The van der Waals surface area contributed by atoms with E-state index >= 15 is 0 Å². The lowest BCUT2D eigenvalue weighted by Crippen LogP contribution is -2.21. The molecule has 6 nitrogen and oxygen atoms in total. The molecule has 2 aromatic heterocycles. The topological polar surface area (TPSA) is 71.8 Å². The monoisotopic (exact) mass is 353 g/mol. The van der Waals surface area contributed by atoms with Crippen LogP contribution in [0.2, 0.25) is 0 Å². The Kier molecular flexibility index (Phi) is 4.58. The molecular formula is C18H19N5OS. The van der Waals surface area contributed by atoms with Crippen LogP contribution in [0.25, 0.3) is 5.69 Å². The SMILES string of the molecule is O=C(NCc1ccc(-n2cncn2)cc1)c1ccc(C2CCCN2)s1. The van der Waals surface area contributed by atoms with E-state index < -0.39 is 0 Å². The van der Waals surface area contributed by atoms with E-state index in [1.54, 1.807) is 22.3 Å². The highest BCUT2D eigenvalue weighted by Crippen LogP contribution is 2.29. The number of rotatable bonds is 5. The summed E-state index contributed by atoms with van der Waals surface area (Å²) >= 11 is 1.58. The van der Waals surface area contributed by atoms with E-state index in [4.69, 9.17) is 0 Å². The van der Waals surface area contributed by atoms with Crippen LogP contribution in [0.15, 0.2) is 49.1 Å². The number of nitrogens with one attached hydrogen (secondary N) is 2. The number of aromatic nitrogens is 3. The van der Waals surface area contributed by atoms with Gasteiger partial charge in [0.25, 0.3) is 5.91 Å². The molecule has 1 saturated heterocycles. The van der Waals surface area contributed by atoms with E-state index in [9.17, 15) is 4.79 Å². The van der Waals surface area contributed by atoms with Crippen molar-refractivity contribution >= 4 is 17.2 Å². The Balaban J connectivity index is 1.35. The zero-order valence-corrected chi connectivity index (χ0v) is 14.5. The molecule has 1 aliphatic rings. The van der Waals surface area contributed by atoms with Gasteiger partial charge in [0.05, 0.1) is 10.6 Å². The summed E-state index contributed by atoms with van der Waals surface area (Å²) in [4.78, 5) is 18.3. The lowest BCUT2D eigenvalue weighted by Gasteiger charge is -2.07. The van der Waals surface area contributed by atoms with Gasteiger partial charge in [-0.1, -0.05) is 12.1 Å². The molecule has 0 bridgehead atoms. The van der Waals surface area contributed by atoms with E-state index in [1.807, 2.05) is 30.3 Å². The van der Waals surface area contributed by atoms with Crippen molar-refractivity contribution in [3.05, 3.63) is 64.4 Å². The predicted octanol–water partition coefficient (Wildman–Crippen LogP) is 2.68. The third-order valence-electron chi connectivity index (χ3n) is 4.33. The molecule has 0 radical (unpaired) electrons. The lowest BCUT2D eigenvalue weighted by atomic mass is 10.2. The Bertz CT molecular complexity index is 835. The summed E-state index contributed by atoms with van der Waals surface area (Å²) in [5, 5.41) is 10.6. The zero-order valence-electron chi connectivity index (χ0n) is 13.7. The third-order valence-corrected chi connectivity index (χ3v) is 5.52. The first kappa shape index (κ1) is 16.0. The van der Waals surface area contributed by atoms with Crippen LogP contribution in [0, 0.1) is 0 Å². The maximum Gasteiger partial charge on any atom is 0.261 e. The Morgan fingerprint density at radius 2 is 2.16 bits per heavy atom. The minimum Gasteiger partial charge on any atom is -0.347 e. The molecule has 3 heterocycles. The number of carbonyl (C=O) groups excluding carboxylic acids is 1. The summed E-state index contributed by atoms with van der Waals surface area (Å²) in [6.07, 6.45) is 5.52. The van der Waals surface area contributed by atoms with Gasteiger partial charge in [0.15, 0.2) is 0 Å². The number of carbonyl (C=O) groups is 1. The molecule has 7 heteroatoms. The van der Waals surface area contributed by atoms with Crippen LogP contribution in [0.4, 0.5) is 0 Å². The number of nitrogens with zero attached hydrogens (tertiary/aromatic N) is 3. The highest BCUT2D eigenvalue weighted by molar-refractivity contribution is 7.14. The quantitative estimate of drug-likeness (QED) is 0.740. The average molecular weight is 353 g/mol. The molecule has 3 aromatic rings. The average Bonchev–Trinajstić information content (AvgIpc) is 3.42. The van der Waals surface area contributed by atoms with Gasteiger partial charge in [-0.15, -0.1) is 11.3 Å². The molecule has 128 valence electrons. The van der Waals surface area contributed by atoms with Crippen molar-refractivity contribution in [2.75, 3.05) is 6.54 Å². The highest BCUT2D eigenvalue weighted by Gasteiger charge is 2.19. The van der Waals surface area contributed by atoms with Crippen molar-refractivity contribution in [1.29, 1.82) is 0 Å². The normalized spacial score (nSPS) is 16.9. The molecule has 4 rings (SSSR count). The first-order valence-electron chi connectivity index (χ1n) is 8.35. The molecule has 25 heavy (non-hydrogen) atoms. The summed E-state index contributed by atoms with van der Waals surface area (Å²) in [7, 11) is 0. The van der Waals surface area contributed by atoms with Crippen LogP contribution < -0.4 is 10.6 Å². The van der Waals surface area contributed by atoms with Crippen LogP contribution in [0.1, 0.15) is 39.0 Å². The van der Waals surface area contributed by atoms with Gasteiger partial charge < -0.3 is 10.6 Å². The van der Waals surface area contributed by atoms with Crippen molar-refractivity contribution in [1.82, 2.24) is 25.4 Å². The summed E-state index contributed by atoms with van der Waals surface area (Å²) in [5.41, 5.74) is 1.99. The fourth-order valence-electron chi connectivity index (χ4n) is 2.97. The molecule has 1 fully saturated rings. The summed E-state index contributed by atoms with van der Waals surface area (Å²) in [6.45, 7) is 1.57. The van der Waals surface area contributed by atoms with Crippen LogP contribution in [-0.2, 0) is 6.54 Å². The first-order valence-corrected chi connectivity index (χ1v) is 9.16. The molecule has 2 N–H and O–H groups in total. The van der Waals surface area contributed by atoms with E-state index in [-0.39, 0.29) is 5.91 Å². The van der Waals surface area contributed by atoms with Gasteiger partial charge in [-0.3, -0.25) is 4.79 Å². The first-order chi connectivity index (χ1) is 12.3. The molecule has 0 spiro atoms. The van der Waals surface area contributed by atoms with E-state index in [2.05, 4.69) is 26.8 Å². The van der Waals surface area contributed by atoms with Gasteiger partial charge in [0.1, 0.15) is 12.7 Å². The predicted molar refractivity (Wildman–Crippen MR) is 96.8 cm³/mol. The van der Waals surface area contributed by atoms with E-state index in [1.165, 1.54) is 17.6 Å². The smallest absolute Gasteiger partial charge is 0.261 e. The van der Waals surface area contributed by atoms with Crippen LogP contribution in [0.3, 0.4) is 0 Å². The minimum absolute atomic E-state index is 0.0189. The summed E-state index contributed by atoms with van der Waals surface area (Å²) in [6, 6.07) is 12.3. The zero-order chi connectivity index (χ0) is 17.1. The highest BCUT2D eigenvalue weighted by atomic mass is 32.1. The second-order valence-corrected chi connectivity index (χ2v) is 7.16. The Labute approximate surface area is 149 Å². The molecular weight excluding hydrogens is 334 g/mol. The van der Waals surface area contributed by atoms with Crippen LogP contribution in [-0.4, -0.2) is 27.2 Å². The number of hydrogen-bond acceptors (Lipinski definition) is 5. The van der Waals surface area contributed by atoms with Gasteiger partial charge in [-0.05, 0) is 49.2 Å². The van der Waals surface area contributed by atoms with Crippen molar-refractivity contribution in [2.45, 2.75) is 25.4 Å². The number of thiophene rings is 1. The van der Waals surface area contributed by atoms with Gasteiger partial charge in [-0.25, -0.2) is 9.67 Å². The fraction of sp³-hybridized carbons (Fsp3) is 0.278.